The number of aromatic nitrogens is 2. The van der Waals surface area contributed by atoms with Crippen molar-refractivity contribution in [3.8, 4) is 11.8 Å². The molecule has 176 valence electrons. The summed E-state index contributed by atoms with van der Waals surface area (Å²) in [4.78, 5) is 18.3. The number of benzene rings is 2. The van der Waals surface area contributed by atoms with E-state index in [9.17, 15) is 20.1 Å². The first-order valence-electron chi connectivity index (χ1n) is 10.6. The van der Waals surface area contributed by atoms with Crippen molar-refractivity contribution in [2.24, 2.45) is 5.41 Å². The van der Waals surface area contributed by atoms with Crippen molar-refractivity contribution in [1.82, 2.24) is 9.55 Å². The second-order valence-corrected chi connectivity index (χ2v) is 8.60. The Balaban J connectivity index is 1.72. The van der Waals surface area contributed by atoms with Crippen LogP contribution >= 0.6 is 0 Å². The number of nitrogens with zero attached hydrogens (tertiary/aromatic N) is 3. The lowest BCUT2D eigenvalue weighted by Crippen LogP contribution is -2.43. The number of fused-ring (bicyclic) bond motifs is 2. The summed E-state index contributed by atoms with van der Waals surface area (Å²) in [6.07, 6.45) is -3.56. The Morgan fingerprint density at radius 3 is 2.62 bits per heavy atom. The zero-order chi connectivity index (χ0) is 24.1. The van der Waals surface area contributed by atoms with Gasteiger partial charge in [-0.25, -0.2) is 13.8 Å². The summed E-state index contributed by atoms with van der Waals surface area (Å²) >= 11 is 0. The first-order chi connectivity index (χ1) is 16.2. The zero-order valence-corrected chi connectivity index (χ0v) is 18.3. The van der Waals surface area contributed by atoms with Crippen LogP contribution < -0.4 is 10.6 Å². The molecule has 0 unspecified atom stereocenters. The van der Waals surface area contributed by atoms with Gasteiger partial charge in [-0.3, -0.25) is 0 Å². The molecule has 1 saturated heterocycles. The van der Waals surface area contributed by atoms with Crippen molar-refractivity contribution in [2.75, 3.05) is 31.3 Å². The molecule has 2 aliphatic rings. The summed E-state index contributed by atoms with van der Waals surface area (Å²) < 4.78 is 26.3. The van der Waals surface area contributed by atoms with E-state index >= 15 is 4.39 Å². The van der Waals surface area contributed by atoms with E-state index in [-0.39, 0.29) is 46.5 Å². The SMILES string of the molecule is CC1(C#Cc2cccc3c2COCCN3c2nc(=O)n(C(O)(O)O)c3cccc(F)c23)COC1. The first-order valence-corrected chi connectivity index (χ1v) is 10.6. The van der Waals surface area contributed by atoms with E-state index in [4.69, 9.17) is 9.47 Å². The van der Waals surface area contributed by atoms with Gasteiger partial charge in [-0.05, 0) is 31.2 Å². The van der Waals surface area contributed by atoms with Gasteiger partial charge in [0.1, 0.15) is 5.82 Å². The fourth-order valence-electron chi connectivity index (χ4n) is 4.17. The number of rotatable bonds is 2. The molecule has 0 aliphatic carbocycles. The molecule has 3 N–H and O–H groups in total. The van der Waals surface area contributed by atoms with E-state index in [2.05, 4.69) is 16.8 Å². The molecule has 2 aliphatic heterocycles. The summed E-state index contributed by atoms with van der Waals surface area (Å²) in [6.45, 7) is 3.91. The molecule has 2 aromatic carbocycles. The van der Waals surface area contributed by atoms with Crippen LogP contribution in [0.15, 0.2) is 41.2 Å². The first kappa shape index (κ1) is 22.5. The Bertz CT molecular complexity index is 1400. The Morgan fingerprint density at radius 2 is 1.91 bits per heavy atom. The minimum Gasteiger partial charge on any atom is -0.378 e. The highest BCUT2D eigenvalue weighted by atomic mass is 19.1. The molecule has 0 atom stereocenters. The number of ether oxygens (including phenoxy) is 2. The molecule has 1 aromatic heterocycles. The maximum Gasteiger partial charge on any atom is 0.377 e. The van der Waals surface area contributed by atoms with Gasteiger partial charge in [0.2, 0.25) is 0 Å². The van der Waals surface area contributed by atoms with Crippen molar-refractivity contribution >= 4 is 22.4 Å². The molecule has 3 aromatic rings. The van der Waals surface area contributed by atoms with Crippen molar-refractivity contribution in [3.63, 3.8) is 0 Å². The van der Waals surface area contributed by atoms with Crippen LogP contribution in [0.2, 0.25) is 0 Å². The number of anilines is 2. The molecule has 1 fully saturated rings. The Morgan fingerprint density at radius 1 is 1.15 bits per heavy atom. The van der Waals surface area contributed by atoms with Crippen LogP contribution in [-0.4, -0.2) is 51.2 Å². The topological polar surface area (TPSA) is 117 Å². The third-order valence-corrected chi connectivity index (χ3v) is 5.89. The molecule has 34 heavy (non-hydrogen) atoms. The molecule has 0 radical (unpaired) electrons. The monoisotopic (exact) mass is 467 g/mol. The van der Waals surface area contributed by atoms with Crippen LogP contribution in [0.1, 0.15) is 18.1 Å². The minimum atomic E-state index is -3.56. The Hall–Kier alpha value is -3.33. The molecule has 3 heterocycles. The standard InChI is InChI=1S/C24H22FN3O6/c1-23(13-34-14-23)9-8-15-4-2-6-18-16(15)12-33-11-10-27(18)21-20-17(25)5-3-7-19(20)28(22(29)26-21)24(30,31)32/h2-7,30-32H,10-14H2,1H3. The molecule has 5 rings (SSSR count). The Labute approximate surface area is 193 Å². The largest absolute Gasteiger partial charge is 0.378 e. The lowest BCUT2D eigenvalue weighted by molar-refractivity contribution is -0.374. The maximum absolute atomic E-state index is 15.1. The molecule has 10 heteroatoms. The van der Waals surface area contributed by atoms with Crippen LogP contribution in [0.5, 0.6) is 0 Å². The number of hydrogen-bond donors (Lipinski definition) is 3. The highest BCUT2D eigenvalue weighted by Crippen LogP contribution is 2.36. The normalized spacial score (nSPS) is 17.4. The van der Waals surface area contributed by atoms with Crippen molar-refractivity contribution in [3.05, 3.63) is 63.8 Å². The summed E-state index contributed by atoms with van der Waals surface area (Å²) in [5.41, 5.74) is 0.509. The van der Waals surface area contributed by atoms with Crippen molar-refractivity contribution in [1.29, 1.82) is 0 Å². The van der Waals surface area contributed by atoms with Crippen molar-refractivity contribution < 1.29 is 29.2 Å². The lowest BCUT2D eigenvalue weighted by atomic mass is 9.89. The molecule has 0 saturated carbocycles. The van der Waals surface area contributed by atoms with Crippen LogP contribution in [0, 0.1) is 23.1 Å². The van der Waals surface area contributed by atoms with E-state index in [1.807, 2.05) is 13.0 Å². The number of aliphatic hydroxyl groups is 3. The second-order valence-electron chi connectivity index (χ2n) is 8.60. The van der Waals surface area contributed by atoms with Gasteiger partial charge in [-0.1, -0.05) is 24.0 Å². The van der Waals surface area contributed by atoms with Gasteiger partial charge < -0.3 is 29.7 Å². The highest BCUT2D eigenvalue weighted by molar-refractivity contribution is 5.93. The van der Waals surface area contributed by atoms with Crippen molar-refractivity contribution in [2.45, 2.75) is 19.6 Å². The lowest BCUT2D eigenvalue weighted by Gasteiger charge is -2.32. The van der Waals surface area contributed by atoms with E-state index < -0.39 is 17.6 Å². The van der Waals surface area contributed by atoms with Gasteiger partial charge >= 0.3 is 11.8 Å². The molecular weight excluding hydrogens is 445 g/mol. The summed E-state index contributed by atoms with van der Waals surface area (Å²) in [5, 5.41) is 28.9. The fourth-order valence-corrected chi connectivity index (χ4v) is 4.17. The van der Waals surface area contributed by atoms with Crippen LogP contribution in [0.4, 0.5) is 15.9 Å². The highest BCUT2D eigenvalue weighted by Gasteiger charge is 2.32. The summed E-state index contributed by atoms with van der Waals surface area (Å²) in [6, 6.07) is 9.22. The summed E-state index contributed by atoms with van der Waals surface area (Å²) in [7, 11) is 0. The average molecular weight is 467 g/mol. The predicted octanol–water partition coefficient (Wildman–Crippen LogP) is 1.14. The quantitative estimate of drug-likeness (QED) is 0.380. The smallest absolute Gasteiger partial charge is 0.377 e. The van der Waals surface area contributed by atoms with E-state index in [0.717, 1.165) is 17.2 Å². The molecule has 0 bridgehead atoms. The molecule has 0 amide bonds. The van der Waals surface area contributed by atoms with E-state index in [1.165, 1.54) is 12.1 Å². The van der Waals surface area contributed by atoms with E-state index in [0.29, 0.717) is 18.9 Å². The minimum absolute atomic E-state index is 0.0326. The zero-order valence-electron chi connectivity index (χ0n) is 18.3. The van der Waals surface area contributed by atoms with Crippen LogP contribution in [0.3, 0.4) is 0 Å². The molecule has 0 spiro atoms. The van der Waals surface area contributed by atoms with Gasteiger partial charge in [-0.2, -0.15) is 4.98 Å². The van der Waals surface area contributed by atoms with Gasteiger partial charge in [0.05, 0.1) is 42.7 Å². The van der Waals surface area contributed by atoms with Gasteiger partial charge in [0, 0.05) is 23.4 Å². The number of halogens is 1. The van der Waals surface area contributed by atoms with Crippen LogP contribution in [-0.2, 0) is 22.2 Å². The van der Waals surface area contributed by atoms with Gasteiger partial charge in [-0.15, -0.1) is 0 Å². The predicted molar refractivity (Wildman–Crippen MR) is 119 cm³/mol. The van der Waals surface area contributed by atoms with Crippen LogP contribution in [0.25, 0.3) is 10.9 Å². The van der Waals surface area contributed by atoms with Gasteiger partial charge in [0.15, 0.2) is 5.82 Å². The third kappa shape index (κ3) is 3.83. The Kier molecular flexibility index (Phi) is 5.39. The van der Waals surface area contributed by atoms with Gasteiger partial charge in [0.25, 0.3) is 0 Å². The third-order valence-electron chi connectivity index (χ3n) is 5.89. The average Bonchev–Trinajstić information content (AvgIpc) is 2.98. The molecular formula is C24H22FN3O6. The maximum atomic E-state index is 15.1. The fraction of sp³-hybridized carbons (Fsp3) is 0.333. The van der Waals surface area contributed by atoms with E-state index in [1.54, 1.807) is 17.0 Å². The number of hydrogen-bond acceptors (Lipinski definition) is 8. The summed E-state index contributed by atoms with van der Waals surface area (Å²) in [5.74, 6) is 5.67. The second kappa shape index (κ2) is 8.16. The molecule has 9 nitrogen and oxygen atoms in total.